The zero-order valence-electron chi connectivity index (χ0n) is 12.4. The molecule has 2 rings (SSSR count). The highest BCUT2D eigenvalue weighted by molar-refractivity contribution is 5.27. The number of pyridine rings is 1. The van der Waals surface area contributed by atoms with E-state index in [4.69, 9.17) is 4.74 Å². The van der Waals surface area contributed by atoms with Crippen LogP contribution in [-0.2, 0) is 13.0 Å². The van der Waals surface area contributed by atoms with Crippen molar-refractivity contribution in [2.24, 2.45) is 0 Å². The number of methoxy groups -OCH3 is 1. The molecule has 0 N–H and O–H groups in total. The van der Waals surface area contributed by atoms with E-state index in [0.29, 0.717) is 6.04 Å². The average molecular weight is 270 g/mol. The van der Waals surface area contributed by atoms with Crippen LogP contribution in [0.15, 0.2) is 48.8 Å². The topological polar surface area (TPSA) is 25.4 Å². The van der Waals surface area contributed by atoms with E-state index in [1.165, 1.54) is 11.1 Å². The molecule has 0 aliphatic carbocycles. The van der Waals surface area contributed by atoms with Gasteiger partial charge in [-0.3, -0.25) is 9.88 Å². The minimum atomic E-state index is 0.483. The van der Waals surface area contributed by atoms with Gasteiger partial charge in [0.15, 0.2) is 0 Å². The quantitative estimate of drug-likeness (QED) is 0.806. The fourth-order valence-corrected chi connectivity index (χ4v) is 2.19. The Balaban J connectivity index is 1.91. The van der Waals surface area contributed by atoms with Crippen LogP contribution in [0.5, 0.6) is 5.75 Å². The molecule has 0 fully saturated rings. The third-order valence-electron chi connectivity index (χ3n) is 3.62. The summed E-state index contributed by atoms with van der Waals surface area (Å²) < 4.78 is 5.18. The van der Waals surface area contributed by atoms with E-state index in [-0.39, 0.29) is 0 Å². The molecule has 1 heterocycles. The van der Waals surface area contributed by atoms with Crippen molar-refractivity contribution in [3.05, 3.63) is 59.9 Å². The molecule has 3 heteroatoms. The predicted molar refractivity (Wildman–Crippen MR) is 81.9 cm³/mol. The van der Waals surface area contributed by atoms with Crippen LogP contribution >= 0.6 is 0 Å². The zero-order chi connectivity index (χ0) is 14.4. The van der Waals surface area contributed by atoms with E-state index < -0.39 is 0 Å². The van der Waals surface area contributed by atoms with E-state index in [9.17, 15) is 0 Å². The number of hydrogen-bond acceptors (Lipinski definition) is 3. The molecular formula is C17H22N2O. The molecule has 0 saturated heterocycles. The molecule has 3 nitrogen and oxygen atoms in total. The van der Waals surface area contributed by atoms with Crippen LogP contribution in [0.3, 0.4) is 0 Å². The molecule has 0 unspecified atom stereocenters. The molecule has 0 aliphatic rings. The lowest BCUT2D eigenvalue weighted by Gasteiger charge is -2.25. The second kappa shape index (κ2) is 7.06. The minimum absolute atomic E-state index is 0.483. The number of aromatic nitrogens is 1. The minimum Gasteiger partial charge on any atom is -0.497 e. The van der Waals surface area contributed by atoms with Crippen LogP contribution in [0.1, 0.15) is 18.1 Å². The van der Waals surface area contributed by atoms with Crippen molar-refractivity contribution in [1.29, 1.82) is 0 Å². The first-order valence-corrected chi connectivity index (χ1v) is 6.91. The van der Waals surface area contributed by atoms with E-state index in [0.717, 1.165) is 18.7 Å². The molecule has 0 saturated carbocycles. The first kappa shape index (κ1) is 14.5. The van der Waals surface area contributed by atoms with Crippen LogP contribution < -0.4 is 4.74 Å². The molecular weight excluding hydrogens is 248 g/mol. The van der Waals surface area contributed by atoms with E-state index in [1.54, 1.807) is 7.11 Å². The second-order valence-electron chi connectivity index (χ2n) is 5.17. The van der Waals surface area contributed by atoms with Gasteiger partial charge in [-0.25, -0.2) is 0 Å². The Kier molecular flexibility index (Phi) is 5.13. The van der Waals surface area contributed by atoms with Gasteiger partial charge in [0.2, 0.25) is 0 Å². The Morgan fingerprint density at radius 3 is 2.30 bits per heavy atom. The van der Waals surface area contributed by atoms with Gasteiger partial charge in [0.25, 0.3) is 0 Å². The highest BCUT2D eigenvalue weighted by atomic mass is 16.5. The molecule has 0 aliphatic heterocycles. The third-order valence-corrected chi connectivity index (χ3v) is 3.62. The van der Waals surface area contributed by atoms with Crippen molar-refractivity contribution >= 4 is 0 Å². The van der Waals surface area contributed by atoms with Crippen LogP contribution in [0.4, 0.5) is 0 Å². The van der Waals surface area contributed by atoms with Gasteiger partial charge >= 0.3 is 0 Å². The van der Waals surface area contributed by atoms with E-state index in [2.05, 4.69) is 48.1 Å². The van der Waals surface area contributed by atoms with Gasteiger partial charge in [0.05, 0.1) is 7.11 Å². The van der Waals surface area contributed by atoms with Crippen molar-refractivity contribution in [1.82, 2.24) is 9.88 Å². The van der Waals surface area contributed by atoms with Crippen molar-refractivity contribution in [2.75, 3.05) is 14.2 Å². The lowest BCUT2D eigenvalue weighted by Crippen LogP contribution is -2.30. The van der Waals surface area contributed by atoms with Crippen LogP contribution in [0.25, 0.3) is 0 Å². The SMILES string of the molecule is COc1ccc(C[C@@H](C)N(C)Cc2ccncc2)cc1. The molecule has 0 spiro atoms. The number of nitrogens with zero attached hydrogens (tertiary/aromatic N) is 2. The van der Waals surface area contributed by atoms with Gasteiger partial charge in [0, 0.05) is 25.0 Å². The normalized spacial score (nSPS) is 12.4. The number of likely N-dealkylation sites (N-methyl/N-ethyl adjacent to an activating group) is 1. The van der Waals surface area contributed by atoms with Crippen molar-refractivity contribution in [3.8, 4) is 5.75 Å². The standard InChI is InChI=1S/C17H22N2O/c1-14(12-15-4-6-17(20-3)7-5-15)19(2)13-16-8-10-18-11-9-16/h4-11,14H,12-13H2,1-3H3/t14-/m1/s1. The monoisotopic (exact) mass is 270 g/mol. The largest absolute Gasteiger partial charge is 0.497 e. The van der Waals surface area contributed by atoms with E-state index >= 15 is 0 Å². The maximum atomic E-state index is 5.18. The van der Waals surface area contributed by atoms with Gasteiger partial charge in [-0.15, -0.1) is 0 Å². The molecule has 0 amide bonds. The Labute approximate surface area is 121 Å². The smallest absolute Gasteiger partial charge is 0.118 e. The molecule has 0 bridgehead atoms. The number of ether oxygens (including phenoxy) is 1. The maximum absolute atomic E-state index is 5.18. The van der Waals surface area contributed by atoms with Crippen molar-refractivity contribution in [3.63, 3.8) is 0 Å². The lowest BCUT2D eigenvalue weighted by atomic mass is 10.1. The summed E-state index contributed by atoms with van der Waals surface area (Å²) >= 11 is 0. The zero-order valence-corrected chi connectivity index (χ0v) is 12.4. The van der Waals surface area contributed by atoms with Gasteiger partial charge in [-0.1, -0.05) is 12.1 Å². The molecule has 1 atom stereocenters. The Bertz CT molecular complexity index is 510. The predicted octanol–water partition coefficient (Wildman–Crippen LogP) is 3.15. The molecule has 0 radical (unpaired) electrons. The third kappa shape index (κ3) is 4.07. The van der Waals surface area contributed by atoms with Crippen LogP contribution in [0.2, 0.25) is 0 Å². The summed E-state index contributed by atoms with van der Waals surface area (Å²) in [6.07, 6.45) is 4.72. The van der Waals surface area contributed by atoms with Crippen LogP contribution in [-0.4, -0.2) is 30.1 Å². The second-order valence-corrected chi connectivity index (χ2v) is 5.17. The first-order chi connectivity index (χ1) is 9.69. The molecule has 1 aromatic carbocycles. The summed E-state index contributed by atoms with van der Waals surface area (Å²) in [5.74, 6) is 0.909. The number of benzene rings is 1. The van der Waals surface area contributed by atoms with Crippen LogP contribution in [0, 0.1) is 0 Å². The highest BCUT2D eigenvalue weighted by Gasteiger charge is 2.10. The Morgan fingerprint density at radius 1 is 1.05 bits per heavy atom. The number of rotatable bonds is 6. The van der Waals surface area contributed by atoms with Gasteiger partial charge < -0.3 is 4.74 Å². The summed E-state index contributed by atoms with van der Waals surface area (Å²) in [4.78, 5) is 6.41. The van der Waals surface area contributed by atoms with Gasteiger partial charge in [-0.05, 0) is 55.8 Å². The summed E-state index contributed by atoms with van der Waals surface area (Å²) in [7, 11) is 3.86. The van der Waals surface area contributed by atoms with Crippen molar-refractivity contribution in [2.45, 2.75) is 25.9 Å². The highest BCUT2D eigenvalue weighted by Crippen LogP contribution is 2.15. The molecule has 2 aromatic rings. The first-order valence-electron chi connectivity index (χ1n) is 6.91. The average Bonchev–Trinajstić information content (AvgIpc) is 2.49. The summed E-state index contributed by atoms with van der Waals surface area (Å²) in [6.45, 7) is 3.20. The summed E-state index contributed by atoms with van der Waals surface area (Å²) in [5, 5.41) is 0. The fraction of sp³-hybridized carbons (Fsp3) is 0.353. The fourth-order valence-electron chi connectivity index (χ4n) is 2.19. The van der Waals surface area contributed by atoms with Crippen molar-refractivity contribution < 1.29 is 4.74 Å². The molecule has 106 valence electrons. The maximum Gasteiger partial charge on any atom is 0.118 e. The summed E-state index contributed by atoms with van der Waals surface area (Å²) in [6, 6.07) is 12.9. The van der Waals surface area contributed by atoms with Gasteiger partial charge in [-0.2, -0.15) is 0 Å². The van der Waals surface area contributed by atoms with Gasteiger partial charge in [0.1, 0.15) is 5.75 Å². The number of hydrogen-bond donors (Lipinski definition) is 0. The molecule has 20 heavy (non-hydrogen) atoms. The Hall–Kier alpha value is -1.87. The Morgan fingerprint density at radius 2 is 1.70 bits per heavy atom. The summed E-state index contributed by atoms with van der Waals surface area (Å²) in [5.41, 5.74) is 2.63. The molecule has 1 aromatic heterocycles. The van der Waals surface area contributed by atoms with E-state index in [1.807, 2.05) is 24.5 Å². The lowest BCUT2D eigenvalue weighted by molar-refractivity contribution is 0.248.